The molecular weight excluding hydrogens is 208 g/mol. The third-order valence-electron chi connectivity index (χ3n) is 3.79. The van der Waals surface area contributed by atoms with Gasteiger partial charge in [0, 0.05) is 18.8 Å². The highest BCUT2D eigenvalue weighted by molar-refractivity contribution is 5.54. The molecule has 0 aromatic heterocycles. The molecule has 1 heterocycles. The van der Waals surface area contributed by atoms with Crippen molar-refractivity contribution in [1.82, 2.24) is 0 Å². The predicted molar refractivity (Wildman–Crippen MR) is 74.5 cm³/mol. The highest BCUT2D eigenvalue weighted by atomic mass is 15.1. The molecule has 1 aromatic rings. The number of benzene rings is 1. The second-order valence-corrected chi connectivity index (χ2v) is 5.32. The van der Waals surface area contributed by atoms with Crippen molar-refractivity contribution < 1.29 is 0 Å². The largest absolute Gasteiger partial charge is 0.371 e. The van der Waals surface area contributed by atoms with Gasteiger partial charge in [-0.15, -0.1) is 0 Å². The molecule has 1 aliphatic heterocycles. The van der Waals surface area contributed by atoms with Gasteiger partial charge in [0.15, 0.2) is 0 Å². The molecule has 1 fully saturated rings. The molecule has 0 spiro atoms. The third kappa shape index (κ3) is 3.01. The molecule has 1 aliphatic rings. The van der Waals surface area contributed by atoms with Gasteiger partial charge in [0.05, 0.1) is 0 Å². The van der Waals surface area contributed by atoms with E-state index in [0.29, 0.717) is 0 Å². The summed E-state index contributed by atoms with van der Waals surface area (Å²) in [5.74, 6) is 0.787. The van der Waals surface area contributed by atoms with Crippen molar-refractivity contribution in [1.29, 1.82) is 0 Å². The smallest absolute Gasteiger partial charge is 0.0396 e. The quantitative estimate of drug-likeness (QED) is 0.868. The molecule has 2 heteroatoms. The summed E-state index contributed by atoms with van der Waals surface area (Å²) in [6.45, 7) is 7.58. The van der Waals surface area contributed by atoms with E-state index in [1.54, 1.807) is 0 Å². The van der Waals surface area contributed by atoms with Crippen molar-refractivity contribution in [2.24, 2.45) is 11.7 Å². The van der Waals surface area contributed by atoms with Gasteiger partial charge in [0.25, 0.3) is 0 Å². The van der Waals surface area contributed by atoms with Crippen LogP contribution in [0.2, 0.25) is 0 Å². The van der Waals surface area contributed by atoms with Crippen molar-refractivity contribution in [2.45, 2.75) is 33.1 Å². The number of nitrogens with two attached hydrogens (primary N) is 1. The number of anilines is 1. The van der Waals surface area contributed by atoms with E-state index in [4.69, 9.17) is 5.73 Å². The molecule has 1 unspecified atom stereocenters. The zero-order valence-corrected chi connectivity index (χ0v) is 11.1. The summed E-state index contributed by atoms with van der Waals surface area (Å²) in [5.41, 5.74) is 9.84. The number of nitrogens with zero attached hydrogens (tertiary/aromatic N) is 1. The Hall–Kier alpha value is -1.02. The lowest BCUT2D eigenvalue weighted by atomic mass is 9.94. The van der Waals surface area contributed by atoms with Crippen LogP contribution in [0.3, 0.4) is 0 Å². The van der Waals surface area contributed by atoms with Crippen LogP contribution in [0.15, 0.2) is 18.2 Å². The molecule has 2 N–H and O–H groups in total. The highest BCUT2D eigenvalue weighted by Crippen LogP contribution is 2.27. The Morgan fingerprint density at radius 2 is 2.18 bits per heavy atom. The van der Waals surface area contributed by atoms with Crippen LogP contribution in [-0.4, -0.2) is 19.6 Å². The topological polar surface area (TPSA) is 29.3 Å². The third-order valence-corrected chi connectivity index (χ3v) is 3.79. The van der Waals surface area contributed by atoms with Crippen LogP contribution in [0.25, 0.3) is 0 Å². The van der Waals surface area contributed by atoms with Gasteiger partial charge < -0.3 is 10.6 Å². The summed E-state index contributed by atoms with van der Waals surface area (Å²) in [6.07, 6.45) is 3.82. The van der Waals surface area contributed by atoms with Crippen molar-refractivity contribution in [3.8, 4) is 0 Å². The van der Waals surface area contributed by atoms with Gasteiger partial charge in [-0.05, 0) is 57.2 Å². The summed E-state index contributed by atoms with van der Waals surface area (Å²) < 4.78 is 0. The molecule has 0 radical (unpaired) electrons. The molecule has 1 atom stereocenters. The second kappa shape index (κ2) is 5.54. The monoisotopic (exact) mass is 232 g/mol. The number of piperidine rings is 1. The van der Waals surface area contributed by atoms with E-state index in [1.807, 2.05) is 0 Å². The molecule has 0 bridgehead atoms. The molecule has 1 saturated heterocycles. The van der Waals surface area contributed by atoms with Crippen LogP contribution in [0.1, 0.15) is 30.4 Å². The Morgan fingerprint density at radius 3 is 2.88 bits per heavy atom. The lowest BCUT2D eigenvalue weighted by Gasteiger charge is -2.35. The van der Waals surface area contributed by atoms with Crippen LogP contribution in [0.4, 0.5) is 5.69 Å². The number of rotatable bonds is 3. The zero-order chi connectivity index (χ0) is 12.3. The standard InChI is InChI=1S/C15H24N2/c1-12-5-6-15(13(2)10-12)17-9-3-4-14(11-17)7-8-16/h5-6,10,14H,3-4,7-9,11,16H2,1-2H3. The maximum atomic E-state index is 5.67. The van der Waals surface area contributed by atoms with Crippen molar-refractivity contribution >= 4 is 5.69 Å². The summed E-state index contributed by atoms with van der Waals surface area (Å²) in [5, 5.41) is 0. The first-order chi connectivity index (χ1) is 8.20. The van der Waals surface area contributed by atoms with Gasteiger partial charge in [-0.1, -0.05) is 17.7 Å². The van der Waals surface area contributed by atoms with Gasteiger partial charge >= 0.3 is 0 Å². The van der Waals surface area contributed by atoms with E-state index < -0.39 is 0 Å². The maximum absolute atomic E-state index is 5.67. The highest BCUT2D eigenvalue weighted by Gasteiger charge is 2.20. The van der Waals surface area contributed by atoms with Gasteiger partial charge in [0.2, 0.25) is 0 Å². The summed E-state index contributed by atoms with van der Waals surface area (Å²) in [6, 6.07) is 6.77. The van der Waals surface area contributed by atoms with Crippen molar-refractivity contribution in [3.05, 3.63) is 29.3 Å². The molecule has 17 heavy (non-hydrogen) atoms. The minimum absolute atomic E-state index is 0.787. The Morgan fingerprint density at radius 1 is 1.35 bits per heavy atom. The van der Waals surface area contributed by atoms with Crippen LogP contribution in [-0.2, 0) is 0 Å². The first-order valence-corrected chi connectivity index (χ1v) is 6.73. The van der Waals surface area contributed by atoms with E-state index >= 15 is 0 Å². The maximum Gasteiger partial charge on any atom is 0.0396 e. The molecule has 1 aromatic carbocycles. The minimum atomic E-state index is 0.787. The molecule has 94 valence electrons. The normalized spacial score (nSPS) is 20.6. The predicted octanol–water partition coefficient (Wildman–Crippen LogP) is 2.87. The average Bonchev–Trinajstić information content (AvgIpc) is 2.29. The molecule has 2 nitrogen and oxygen atoms in total. The lowest BCUT2D eigenvalue weighted by molar-refractivity contribution is 0.396. The minimum Gasteiger partial charge on any atom is -0.371 e. The van der Waals surface area contributed by atoms with E-state index in [1.165, 1.54) is 49.2 Å². The molecule has 0 saturated carbocycles. The van der Waals surface area contributed by atoms with Gasteiger partial charge in [-0.25, -0.2) is 0 Å². The molecule has 0 aliphatic carbocycles. The number of aryl methyl sites for hydroxylation is 2. The van der Waals surface area contributed by atoms with Crippen LogP contribution in [0, 0.1) is 19.8 Å². The number of hydrogen-bond acceptors (Lipinski definition) is 2. The van der Waals surface area contributed by atoms with E-state index in [-0.39, 0.29) is 0 Å². The van der Waals surface area contributed by atoms with Gasteiger partial charge in [-0.3, -0.25) is 0 Å². The number of hydrogen-bond donors (Lipinski definition) is 1. The van der Waals surface area contributed by atoms with E-state index in [2.05, 4.69) is 36.9 Å². The Balaban J connectivity index is 2.10. The summed E-state index contributed by atoms with van der Waals surface area (Å²) in [4.78, 5) is 2.54. The fraction of sp³-hybridized carbons (Fsp3) is 0.600. The van der Waals surface area contributed by atoms with Gasteiger partial charge in [-0.2, -0.15) is 0 Å². The Labute approximate surface area is 105 Å². The summed E-state index contributed by atoms with van der Waals surface area (Å²) in [7, 11) is 0. The van der Waals surface area contributed by atoms with Crippen molar-refractivity contribution in [2.75, 3.05) is 24.5 Å². The zero-order valence-electron chi connectivity index (χ0n) is 11.1. The molecule has 2 rings (SSSR count). The molecule has 0 amide bonds. The van der Waals surface area contributed by atoms with E-state index in [9.17, 15) is 0 Å². The first kappa shape index (κ1) is 12.4. The Kier molecular flexibility index (Phi) is 4.06. The SMILES string of the molecule is Cc1ccc(N2CCCC(CCN)C2)c(C)c1. The fourth-order valence-corrected chi connectivity index (χ4v) is 2.92. The first-order valence-electron chi connectivity index (χ1n) is 6.73. The Bertz CT molecular complexity index is 371. The fourth-order valence-electron chi connectivity index (χ4n) is 2.92. The average molecular weight is 232 g/mol. The van der Waals surface area contributed by atoms with Crippen LogP contribution >= 0.6 is 0 Å². The van der Waals surface area contributed by atoms with Crippen LogP contribution in [0.5, 0.6) is 0 Å². The van der Waals surface area contributed by atoms with Crippen molar-refractivity contribution in [3.63, 3.8) is 0 Å². The molecular formula is C15H24N2. The summed E-state index contributed by atoms with van der Waals surface area (Å²) >= 11 is 0. The lowest BCUT2D eigenvalue weighted by Crippen LogP contribution is -2.36. The van der Waals surface area contributed by atoms with Crippen LogP contribution < -0.4 is 10.6 Å². The van der Waals surface area contributed by atoms with E-state index in [0.717, 1.165) is 12.5 Å². The second-order valence-electron chi connectivity index (χ2n) is 5.32. The van der Waals surface area contributed by atoms with Gasteiger partial charge in [0.1, 0.15) is 0 Å².